The molecular weight excluding hydrogens is 408 g/mol. The highest BCUT2D eigenvalue weighted by molar-refractivity contribution is 6.08. The van der Waals surface area contributed by atoms with Crippen LogP contribution < -0.4 is 10.6 Å². The fourth-order valence-electron chi connectivity index (χ4n) is 3.09. The van der Waals surface area contributed by atoms with Crippen molar-refractivity contribution in [2.75, 3.05) is 10.6 Å². The van der Waals surface area contributed by atoms with Crippen molar-refractivity contribution in [3.63, 3.8) is 0 Å². The van der Waals surface area contributed by atoms with Gasteiger partial charge in [0.15, 0.2) is 11.6 Å². The van der Waals surface area contributed by atoms with Gasteiger partial charge in [-0.2, -0.15) is 0 Å². The van der Waals surface area contributed by atoms with Gasteiger partial charge in [-0.25, -0.2) is 9.97 Å². The maximum Gasteiger partial charge on any atom is 0.256 e. The lowest BCUT2D eigenvalue weighted by atomic mass is 10.1. The summed E-state index contributed by atoms with van der Waals surface area (Å²) in [6.07, 6.45) is 4.92. The Kier molecular flexibility index (Phi) is 5.75. The van der Waals surface area contributed by atoms with Crippen molar-refractivity contribution in [1.29, 1.82) is 0 Å². The van der Waals surface area contributed by atoms with Crippen molar-refractivity contribution < 1.29 is 9.59 Å². The molecule has 32 heavy (non-hydrogen) atoms. The van der Waals surface area contributed by atoms with E-state index in [9.17, 15) is 9.59 Å². The van der Waals surface area contributed by atoms with Crippen LogP contribution in [0.2, 0.25) is 0 Å². The lowest BCUT2D eigenvalue weighted by Crippen LogP contribution is -2.16. The van der Waals surface area contributed by atoms with Crippen LogP contribution in [0, 0.1) is 0 Å². The molecule has 1 aromatic carbocycles. The fourth-order valence-corrected chi connectivity index (χ4v) is 3.09. The number of rotatable bonds is 6. The molecule has 162 valence electrons. The second kappa shape index (κ2) is 8.80. The SMILES string of the molecule is CC(C)n1cnnc1-c1cccc(NC(=O)c2cccc(C(=O)Nc3cn(C)cn3)c2)n1. The summed E-state index contributed by atoms with van der Waals surface area (Å²) in [6, 6.07) is 11.9. The molecule has 4 rings (SSSR count). The van der Waals surface area contributed by atoms with Gasteiger partial charge in [0.25, 0.3) is 11.8 Å². The molecule has 10 heteroatoms. The highest BCUT2D eigenvalue weighted by Crippen LogP contribution is 2.20. The minimum absolute atomic E-state index is 0.167. The second-order valence-corrected chi connectivity index (χ2v) is 7.48. The van der Waals surface area contributed by atoms with E-state index in [2.05, 4.69) is 30.8 Å². The van der Waals surface area contributed by atoms with Crippen LogP contribution in [0.4, 0.5) is 11.6 Å². The summed E-state index contributed by atoms with van der Waals surface area (Å²) in [6.45, 7) is 4.05. The predicted octanol–water partition coefficient (Wildman–Crippen LogP) is 3.16. The molecular formula is C22H22N8O2. The topological polar surface area (TPSA) is 120 Å². The van der Waals surface area contributed by atoms with Crippen molar-refractivity contribution >= 4 is 23.5 Å². The number of anilines is 2. The first-order valence-corrected chi connectivity index (χ1v) is 9.98. The van der Waals surface area contributed by atoms with Gasteiger partial charge in [-0.15, -0.1) is 10.2 Å². The zero-order valence-electron chi connectivity index (χ0n) is 17.9. The highest BCUT2D eigenvalue weighted by atomic mass is 16.2. The normalized spacial score (nSPS) is 10.9. The van der Waals surface area contributed by atoms with E-state index in [1.807, 2.05) is 25.5 Å². The Balaban J connectivity index is 1.50. The average molecular weight is 430 g/mol. The van der Waals surface area contributed by atoms with E-state index >= 15 is 0 Å². The molecule has 0 unspecified atom stereocenters. The Hall–Kier alpha value is -4.34. The van der Waals surface area contributed by atoms with Crippen LogP contribution in [0.1, 0.15) is 40.6 Å². The number of amides is 2. The molecule has 0 bridgehead atoms. The molecule has 4 aromatic rings. The number of benzene rings is 1. The summed E-state index contributed by atoms with van der Waals surface area (Å²) in [5.74, 6) is 0.681. The molecule has 0 atom stereocenters. The van der Waals surface area contributed by atoms with Crippen molar-refractivity contribution in [2.24, 2.45) is 7.05 Å². The quantitative estimate of drug-likeness (QED) is 0.485. The maximum absolute atomic E-state index is 12.8. The van der Waals surface area contributed by atoms with Crippen LogP contribution in [0.3, 0.4) is 0 Å². The number of carbonyl (C=O) groups is 2. The summed E-state index contributed by atoms with van der Waals surface area (Å²) in [4.78, 5) is 33.9. The number of hydrogen-bond donors (Lipinski definition) is 2. The summed E-state index contributed by atoms with van der Waals surface area (Å²) >= 11 is 0. The van der Waals surface area contributed by atoms with Crippen LogP contribution in [0.15, 0.2) is 61.3 Å². The highest BCUT2D eigenvalue weighted by Gasteiger charge is 2.15. The molecule has 0 aliphatic heterocycles. The Morgan fingerprint density at radius 3 is 2.28 bits per heavy atom. The number of nitrogens with one attached hydrogen (secondary N) is 2. The zero-order chi connectivity index (χ0) is 22.7. The molecule has 0 aliphatic carbocycles. The molecule has 3 aromatic heterocycles. The largest absolute Gasteiger partial charge is 0.338 e. The standard InChI is InChI=1S/C22H22N8O2/c1-14(2)30-13-24-28-20(30)17-8-5-9-18(25-17)26-21(31)15-6-4-7-16(10-15)22(32)27-19-11-29(3)12-23-19/h4-14H,1-3H3,(H,27,32)(H,25,26,31). The first-order chi connectivity index (χ1) is 15.4. The van der Waals surface area contributed by atoms with Crippen LogP contribution in [0.5, 0.6) is 0 Å². The smallest absolute Gasteiger partial charge is 0.256 e. The van der Waals surface area contributed by atoms with Crippen LogP contribution in [0.25, 0.3) is 11.5 Å². The molecule has 2 amide bonds. The molecule has 0 spiro atoms. The predicted molar refractivity (Wildman–Crippen MR) is 119 cm³/mol. The Morgan fingerprint density at radius 1 is 0.938 bits per heavy atom. The average Bonchev–Trinajstić information content (AvgIpc) is 3.43. The Morgan fingerprint density at radius 2 is 1.62 bits per heavy atom. The van der Waals surface area contributed by atoms with Crippen LogP contribution in [-0.4, -0.2) is 41.1 Å². The second-order valence-electron chi connectivity index (χ2n) is 7.48. The minimum Gasteiger partial charge on any atom is -0.338 e. The van der Waals surface area contributed by atoms with Crippen molar-refractivity contribution in [1.82, 2.24) is 29.3 Å². The number of nitrogens with zero attached hydrogens (tertiary/aromatic N) is 6. The first kappa shape index (κ1) is 20.9. The van der Waals surface area contributed by atoms with Gasteiger partial charge in [-0.05, 0) is 44.2 Å². The summed E-state index contributed by atoms with van der Waals surface area (Å²) in [5, 5.41) is 13.6. The summed E-state index contributed by atoms with van der Waals surface area (Å²) in [7, 11) is 1.81. The molecule has 0 saturated carbocycles. The number of hydrogen-bond acceptors (Lipinski definition) is 6. The Labute approximate surface area is 184 Å². The van der Waals surface area contributed by atoms with Gasteiger partial charge < -0.3 is 19.8 Å². The van der Waals surface area contributed by atoms with Gasteiger partial charge in [0, 0.05) is 30.4 Å². The third-order valence-corrected chi connectivity index (χ3v) is 4.68. The van der Waals surface area contributed by atoms with E-state index in [-0.39, 0.29) is 17.9 Å². The van der Waals surface area contributed by atoms with Crippen LogP contribution >= 0.6 is 0 Å². The maximum atomic E-state index is 12.8. The lowest BCUT2D eigenvalue weighted by molar-refractivity contribution is 0.102. The molecule has 10 nitrogen and oxygen atoms in total. The monoisotopic (exact) mass is 430 g/mol. The van der Waals surface area contributed by atoms with E-state index in [4.69, 9.17) is 0 Å². The Bertz CT molecular complexity index is 1270. The number of aryl methyl sites for hydroxylation is 1. The minimum atomic E-state index is -0.382. The van der Waals surface area contributed by atoms with Gasteiger partial charge >= 0.3 is 0 Å². The molecule has 2 N–H and O–H groups in total. The molecule has 0 fully saturated rings. The zero-order valence-corrected chi connectivity index (χ0v) is 17.9. The third kappa shape index (κ3) is 4.53. The van der Waals surface area contributed by atoms with E-state index in [1.165, 1.54) is 6.07 Å². The van der Waals surface area contributed by atoms with E-state index in [0.717, 1.165) is 0 Å². The third-order valence-electron chi connectivity index (χ3n) is 4.68. The summed E-state index contributed by atoms with van der Waals surface area (Å²) < 4.78 is 3.63. The van der Waals surface area contributed by atoms with Gasteiger partial charge in [0.05, 0.1) is 6.33 Å². The molecule has 0 radical (unpaired) electrons. The fraction of sp³-hybridized carbons (Fsp3) is 0.182. The van der Waals surface area contributed by atoms with Crippen molar-refractivity contribution in [2.45, 2.75) is 19.9 Å². The van der Waals surface area contributed by atoms with Crippen molar-refractivity contribution in [3.05, 3.63) is 72.4 Å². The number of carbonyl (C=O) groups excluding carboxylic acids is 2. The lowest BCUT2D eigenvalue weighted by Gasteiger charge is -2.11. The number of imidazole rings is 1. The van der Waals surface area contributed by atoms with Gasteiger partial charge in [-0.1, -0.05) is 12.1 Å². The number of pyridine rings is 1. The van der Waals surface area contributed by atoms with Crippen LogP contribution in [-0.2, 0) is 7.05 Å². The van der Waals surface area contributed by atoms with E-state index in [1.54, 1.807) is 59.8 Å². The molecule has 0 saturated heterocycles. The van der Waals surface area contributed by atoms with Crippen molar-refractivity contribution in [3.8, 4) is 11.5 Å². The molecule has 0 aliphatic rings. The summed E-state index contributed by atoms with van der Waals surface area (Å²) in [5.41, 5.74) is 1.27. The number of aromatic nitrogens is 6. The van der Waals surface area contributed by atoms with Gasteiger partial charge in [-0.3, -0.25) is 9.59 Å². The van der Waals surface area contributed by atoms with Gasteiger partial charge in [0.1, 0.15) is 17.8 Å². The van der Waals surface area contributed by atoms with E-state index < -0.39 is 0 Å². The van der Waals surface area contributed by atoms with E-state index in [0.29, 0.717) is 34.3 Å². The molecule has 3 heterocycles. The van der Waals surface area contributed by atoms with Gasteiger partial charge in [0.2, 0.25) is 0 Å². The first-order valence-electron chi connectivity index (χ1n) is 9.98.